The van der Waals surface area contributed by atoms with Crippen molar-refractivity contribution in [3.63, 3.8) is 0 Å². The van der Waals surface area contributed by atoms with Crippen molar-refractivity contribution in [2.45, 2.75) is 26.3 Å². The van der Waals surface area contributed by atoms with Gasteiger partial charge in [-0.1, -0.05) is 6.07 Å². The van der Waals surface area contributed by atoms with Crippen LogP contribution in [-0.4, -0.2) is 45.5 Å². The second-order valence-corrected chi connectivity index (χ2v) is 6.39. The van der Waals surface area contributed by atoms with Crippen LogP contribution >= 0.6 is 11.3 Å². The molecule has 124 valence electrons. The van der Waals surface area contributed by atoms with Crippen molar-refractivity contribution in [1.82, 2.24) is 10.6 Å². The fourth-order valence-electron chi connectivity index (χ4n) is 2.25. The molecule has 2 rings (SSSR count). The highest BCUT2D eigenvalue weighted by atomic mass is 32.1. The first-order chi connectivity index (χ1) is 10.9. The minimum atomic E-state index is 0.595. The molecule has 0 spiro atoms. The molecule has 6 heteroatoms. The Bertz CT molecular complexity index is 417. The van der Waals surface area contributed by atoms with Gasteiger partial charge in [0.1, 0.15) is 0 Å². The van der Waals surface area contributed by atoms with Gasteiger partial charge in [0.2, 0.25) is 0 Å². The van der Waals surface area contributed by atoms with E-state index in [0.29, 0.717) is 5.92 Å². The van der Waals surface area contributed by atoms with Crippen LogP contribution in [0.1, 0.15) is 24.6 Å². The van der Waals surface area contributed by atoms with Crippen molar-refractivity contribution in [3.8, 4) is 0 Å². The van der Waals surface area contributed by atoms with Gasteiger partial charge in [-0.3, -0.25) is 0 Å². The van der Waals surface area contributed by atoms with Crippen molar-refractivity contribution in [2.75, 3.05) is 39.5 Å². The molecule has 1 aromatic rings. The lowest BCUT2D eigenvalue weighted by Gasteiger charge is -2.12. The van der Waals surface area contributed by atoms with Gasteiger partial charge in [0.05, 0.1) is 19.8 Å². The van der Waals surface area contributed by atoms with Gasteiger partial charge in [-0.2, -0.15) is 0 Å². The molecule has 0 aromatic carbocycles. The lowest BCUT2D eigenvalue weighted by atomic mass is 10.1. The number of nitrogens with zero attached hydrogens (tertiary/aromatic N) is 1. The molecule has 1 saturated heterocycles. The fraction of sp³-hybridized carbons (Fsp3) is 0.688. The average molecular weight is 325 g/mol. The Balaban J connectivity index is 1.56. The molecule has 2 N–H and O–H groups in total. The number of aliphatic imine (C=N–C) groups is 1. The van der Waals surface area contributed by atoms with Gasteiger partial charge in [0, 0.05) is 37.1 Å². The van der Waals surface area contributed by atoms with Crippen LogP contribution in [0.4, 0.5) is 0 Å². The number of hydrogen-bond donors (Lipinski definition) is 2. The molecule has 0 bridgehead atoms. The molecular weight excluding hydrogens is 298 g/mol. The van der Waals surface area contributed by atoms with Gasteiger partial charge in [0.15, 0.2) is 5.96 Å². The molecule has 0 amide bonds. The van der Waals surface area contributed by atoms with Gasteiger partial charge in [0.25, 0.3) is 0 Å². The highest BCUT2D eigenvalue weighted by molar-refractivity contribution is 7.09. The van der Waals surface area contributed by atoms with Crippen LogP contribution < -0.4 is 10.6 Å². The Kier molecular flexibility index (Phi) is 8.30. The third-order valence-corrected chi connectivity index (χ3v) is 4.31. The van der Waals surface area contributed by atoms with Crippen LogP contribution in [0.5, 0.6) is 0 Å². The molecule has 1 unspecified atom stereocenters. The van der Waals surface area contributed by atoms with Gasteiger partial charge < -0.3 is 20.1 Å². The third-order valence-electron chi connectivity index (χ3n) is 3.45. The van der Waals surface area contributed by atoms with E-state index in [0.717, 1.165) is 64.9 Å². The lowest BCUT2D eigenvalue weighted by molar-refractivity contribution is 0.0888. The number of nitrogens with one attached hydrogen (secondary N) is 2. The highest BCUT2D eigenvalue weighted by Crippen LogP contribution is 2.12. The number of rotatable bonds is 9. The van der Waals surface area contributed by atoms with E-state index in [1.54, 1.807) is 11.3 Å². The molecule has 0 radical (unpaired) electrons. The number of guanidine groups is 1. The molecule has 5 nitrogen and oxygen atoms in total. The van der Waals surface area contributed by atoms with Crippen molar-refractivity contribution >= 4 is 17.3 Å². The minimum Gasteiger partial charge on any atom is -0.381 e. The molecule has 2 heterocycles. The molecule has 22 heavy (non-hydrogen) atoms. The molecule has 1 aliphatic heterocycles. The Labute approximate surface area is 137 Å². The maximum Gasteiger partial charge on any atom is 0.191 e. The molecule has 1 aliphatic rings. The van der Waals surface area contributed by atoms with Gasteiger partial charge in [-0.05, 0) is 31.2 Å². The summed E-state index contributed by atoms with van der Waals surface area (Å²) in [5.41, 5.74) is 0. The van der Waals surface area contributed by atoms with E-state index in [9.17, 15) is 0 Å². The lowest BCUT2D eigenvalue weighted by Crippen LogP contribution is -2.38. The van der Waals surface area contributed by atoms with E-state index in [1.807, 2.05) is 0 Å². The summed E-state index contributed by atoms with van der Waals surface area (Å²) in [4.78, 5) is 5.86. The quantitative estimate of drug-likeness (QED) is 0.415. The standard InChI is InChI=1S/C16H27N3O2S/c1-2-17-16(19-11-15-5-3-10-22-15)18-7-4-8-20-12-14-6-9-21-13-14/h3,5,10,14H,2,4,6-9,11-13H2,1H3,(H2,17,18,19). The zero-order valence-corrected chi connectivity index (χ0v) is 14.2. The first-order valence-electron chi connectivity index (χ1n) is 8.08. The first kappa shape index (κ1) is 17.2. The Morgan fingerprint density at radius 3 is 3.18 bits per heavy atom. The van der Waals surface area contributed by atoms with Crippen molar-refractivity contribution in [1.29, 1.82) is 0 Å². The summed E-state index contributed by atoms with van der Waals surface area (Å²) in [6, 6.07) is 4.17. The predicted octanol–water partition coefficient (Wildman–Crippen LogP) is 2.25. The zero-order chi connectivity index (χ0) is 15.5. The smallest absolute Gasteiger partial charge is 0.191 e. The largest absolute Gasteiger partial charge is 0.381 e. The third kappa shape index (κ3) is 6.77. The monoisotopic (exact) mass is 325 g/mol. The Hall–Kier alpha value is -1.11. The topological polar surface area (TPSA) is 54.9 Å². The van der Waals surface area contributed by atoms with E-state index in [2.05, 4.69) is 40.1 Å². The second-order valence-electron chi connectivity index (χ2n) is 5.36. The summed E-state index contributed by atoms with van der Waals surface area (Å²) < 4.78 is 11.0. The average Bonchev–Trinajstić information content (AvgIpc) is 3.21. The van der Waals surface area contributed by atoms with E-state index >= 15 is 0 Å². The summed E-state index contributed by atoms with van der Waals surface area (Å²) in [7, 11) is 0. The van der Waals surface area contributed by atoms with E-state index < -0.39 is 0 Å². The molecule has 0 saturated carbocycles. The number of hydrogen-bond acceptors (Lipinski definition) is 4. The van der Waals surface area contributed by atoms with Crippen molar-refractivity contribution < 1.29 is 9.47 Å². The van der Waals surface area contributed by atoms with E-state index in [1.165, 1.54) is 4.88 Å². The van der Waals surface area contributed by atoms with E-state index in [4.69, 9.17) is 9.47 Å². The zero-order valence-electron chi connectivity index (χ0n) is 13.3. The van der Waals surface area contributed by atoms with Gasteiger partial charge in [-0.25, -0.2) is 4.99 Å². The van der Waals surface area contributed by atoms with Gasteiger partial charge >= 0.3 is 0 Å². The van der Waals surface area contributed by atoms with Crippen LogP contribution in [0.25, 0.3) is 0 Å². The maximum atomic E-state index is 5.70. The summed E-state index contributed by atoms with van der Waals surface area (Å²) in [5, 5.41) is 8.70. The van der Waals surface area contributed by atoms with Crippen LogP contribution in [0.3, 0.4) is 0 Å². The van der Waals surface area contributed by atoms with Crippen LogP contribution in [0, 0.1) is 5.92 Å². The molecule has 1 fully saturated rings. The summed E-state index contributed by atoms with van der Waals surface area (Å²) in [5.74, 6) is 1.47. The normalized spacial score (nSPS) is 18.6. The first-order valence-corrected chi connectivity index (χ1v) is 8.96. The van der Waals surface area contributed by atoms with E-state index in [-0.39, 0.29) is 0 Å². The Morgan fingerprint density at radius 1 is 1.50 bits per heavy atom. The maximum absolute atomic E-state index is 5.70. The molecule has 1 atom stereocenters. The molecular formula is C16H27N3O2S. The van der Waals surface area contributed by atoms with Gasteiger partial charge in [-0.15, -0.1) is 11.3 Å². The summed E-state index contributed by atoms with van der Waals surface area (Å²) in [6.45, 7) is 7.91. The number of thiophene rings is 1. The second kappa shape index (κ2) is 10.6. The predicted molar refractivity (Wildman–Crippen MR) is 91.5 cm³/mol. The van der Waals surface area contributed by atoms with Crippen molar-refractivity contribution in [3.05, 3.63) is 22.4 Å². The molecule has 1 aromatic heterocycles. The SMILES string of the molecule is CCNC(=NCc1cccs1)NCCCOCC1CCOC1. The Morgan fingerprint density at radius 2 is 2.45 bits per heavy atom. The fourth-order valence-corrected chi connectivity index (χ4v) is 2.88. The van der Waals surface area contributed by atoms with Crippen molar-refractivity contribution in [2.24, 2.45) is 10.9 Å². The molecule has 0 aliphatic carbocycles. The minimum absolute atomic E-state index is 0.595. The number of ether oxygens (including phenoxy) is 2. The highest BCUT2D eigenvalue weighted by Gasteiger charge is 2.15. The summed E-state index contributed by atoms with van der Waals surface area (Å²) in [6.07, 6.45) is 2.12. The van der Waals surface area contributed by atoms with Crippen LogP contribution in [-0.2, 0) is 16.0 Å². The summed E-state index contributed by atoms with van der Waals surface area (Å²) >= 11 is 1.74. The van der Waals surface area contributed by atoms with Crippen LogP contribution in [0.15, 0.2) is 22.5 Å². The van der Waals surface area contributed by atoms with Crippen LogP contribution in [0.2, 0.25) is 0 Å².